The number of allylic oxidation sites excluding steroid dienone is 15. The van der Waals surface area contributed by atoms with Gasteiger partial charge in [-0.25, -0.2) is 0 Å². The molecule has 0 amide bonds. The Labute approximate surface area is 285 Å². The molecule has 0 radical (unpaired) electrons. The Morgan fingerprint density at radius 2 is 1.77 bits per heavy atom. The van der Waals surface area contributed by atoms with Gasteiger partial charge in [-0.2, -0.15) is 0 Å². The minimum Gasteiger partial charge on any atom is -0.330 e. The molecule has 4 unspecified atom stereocenters. The summed E-state index contributed by atoms with van der Waals surface area (Å²) in [6, 6.07) is 0.719. The topological polar surface area (TPSA) is 29.3 Å². The van der Waals surface area contributed by atoms with E-state index in [4.69, 9.17) is 5.73 Å². The normalized spacial score (nSPS) is 32.7. The van der Waals surface area contributed by atoms with Crippen molar-refractivity contribution in [2.24, 2.45) is 29.4 Å². The van der Waals surface area contributed by atoms with Gasteiger partial charge in [0.2, 0.25) is 0 Å². The summed E-state index contributed by atoms with van der Waals surface area (Å²) < 4.78 is 0. The molecule has 7 rings (SSSR count). The summed E-state index contributed by atoms with van der Waals surface area (Å²) >= 11 is 0. The maximum Gasteiger partial charge on any atom is 0.0397 e. The number of fused-ring (bicyclic) bond motifs is 4. The van der Waals surface area contributed by atoms with Crippen molar-refractivity contribution in [2.75, 3.05) is 13.1 Å². The maximum absolute atomic E-state index is 6.42. The van der Waals surface area contributed by atoms with E-state index in [0.717, 1.165) is 38.8 Å². The van der Waals surface area contributed by atoms with Crippen molar-refractivity contribution in [3.63, 3.8) is 0 Å². The van der Waals surface area contributed by atoms with Gasteiger partial charge in [0, 0.05) is 30.5 Å². The van der Waals surface area contributed by atoms with Crippen LogP contribution in [0.4, 0.5) is 0 Å². The third-order valence-electron chi connectivity index (χ3n) is 12.8. The fourth-order valence-corrected chi connectivity index (χ4v) is 10.2. The first-order chi connectivity index (χ1) is 23.1. The van der Waals surface area contributed by atoms with Gasteiger partial charge >= 0.3 is 0 Å². The van der Waals surface area contributed by atoms with Gasteiger partial charge in [-0.1, -0.05) is 117 Å². The second-order valence-corrected chi connectivity index (χ2v) is 15.2. The van der Waals surface area contributed by atoms with Crippen LogP contribution in [0.3, 0.4) is 0 Å². The van der Waals surface area contributed by atoms with Crippen LogP contribution in [0.1, 0.15) is 97.3 Å². The molecule has 1 heterocycles. The molecule has 1 aliphatic heterocycles. The third kappa shape index (κ3) is 6.33. The zero-order chi connectivity index (χ0) is 32.3. The fraction of sp³-hybridized carbons (Fsp3) is 0.511. The highest BCUT2D eigenvalue weighted by atomic mass is 15.2. The van der Waals surface area contributed by atoms with Crippen LogP contribution in [0, 0.1) is 23.7 Å². The van der Waals surface area contributed by atoms with E-state index in [9.17, 15) is 0 Å². The second-order valence-electron chi connectivity index (χ2n) is 15.2. The summed E-state index contributed by atoms with van der Waals surface area (Å²) in [6.45, 7) is 10.6. The molecule has 0 spiro atoms. The third-order valence-corrected chi connectivity index (χ3v) is 12.8. The van der Waals surface area contributed by atoms with Crippen LogP contribution in [0.2, 0.25) is 0 Å². The predicted molar refractivity (Wildman–Crippen MR) is 201 cm³/mol. The van der Waals surface area contributed by atoms with Gasteiger partial charge in [0.1, 0.15) is 0 Å². The molecule has 0 saturated heterocycles. The Morgan fingerprint density at radius 1 is 0.957 bits per heavy atom. The molecule has 2 nitrogen and oxygen atoms in total. The summed E-state index contributed by atoms with van der Waals surface area (Å²) in [7, 11) is 0. The van der Waals surface area contributed by atoms with E-state index >= 15 is 0 Å². The van der Waals surface area contributed by atoms with Crippen molar-refractivity contribution in [3.05, 3.63) is 130 Å². The summed E-state index contributed by atoms with van der Waals surface area (Å²) in [6.07, 6.45) is 45.4. The lowest BCUT2D eigenvalue weighted by Crippen LogP contribution is -2.50. The number of nitrogens with two attached hydrogens (primary N) is 1. The molecule has 2 N–H and O–H groups in total. The van der Waals surface area contributed by atoms with Gasteiger partial charge in [0.15, 0.2) is 0 Å². The van der Waals surface area contributed by atoms with E-state index in [-0.39, 0.29) is 0 Å². The summed E-state index contributed by atoms with van der Waals surface area (Å²) in [5.41, 5.74) is 20.7. The molecular weight excluding hydrogens is 569 g/mol. The van der Waals surface area contributed by atoms with Gasteiger partial charge in [0.05, 0.1) is 0 Å². The number of nitrogens with zero attached hydrogens (tertiary/aromatic N) is 1. The van der Waals surface area contributed by atoms with Crippen molar-refractivity contribution in [3.8, 4) is 0 Å². The molecule has 248 valence electrons. The molecule has 0 bridgehead atoms. The first kappa shape index (κ1) is 32.6. The molecular formula is C45H58N2. The van der Waals surface area contributed by atoms with Gasteiger partial charge in [-0.3, -0.25) is 4.90 Å². The molecule has 0 aromatic heterocycles. The lowest BCUT2D eigenvalue weighted by molar-refractivity contribution is 0.125. The lowest BCUT2D eigenvalue weighted by Gasteiger charge is -2.48. The average Bonchev–Trinajstić information content (AvgIpc) is 3.13. The van der Waals surface area contributed by atoms with Crippen LogP contribution >= 0.6 is 0 Å². The molecule has 7 aliphatic rings. The molecule has 0 aromatic rings. The van der Waals surface area contributed by atoms with Gasteiger partial charge < -0.3 is 5.73 Å². The Morgan fingerprint density at radius 3 is 2.55 bits per heavy atom. The van der Waals surface area contributed by atoms with Crippen LogP contribution in [0.25, 0.3) is 0 Å². The van der Waals surface area contributed by atoms with Crippen LogP contribution in [0.15, 0.2) is 130 Å². The van der Waals surface area contributed by atoms with Crippen LogP contribution in [-0.4, -0.2) is 30.1 Å². The van der Waals surface area contributed by atoms with Crippen LogP contribution in [-0.2, 0) is 0 Å². The molecule has 0 aromatic carbocycles. The zero-order valence-corrected chi connectivity index (χ0v) is 29.2. The van der Waals surface area contributed by atoms with Crippen molar-refractivity contribution in [1.29, 1.82) is 0 Å². The number of hydrogen-bond donors (Lipinski definition) is 1. The Hall–Kier alpha value is -2.94. The first-order valence-electron chi connectivity index (χ1n) is 19.2. The summed E-state index contributed by atoms with van der Waals surface area (Å²) in [5.74, 6) is 2.07. The molecule has 1 fully saturated rings. The van der Waals surface area contributed by atoms with Crippen molar-refractivity contribution in [1.82, 2.24) is 4.90 Å². The van der Waals surface area contributed by atoms with E-state index in [1.807, 2.05) is 6.08 Å². The second kappa shape index (κ2) is 14.7. The van der Waals surface area contributed by atoms with Gasteiger partial charge in [0.25, 0.3) is 0 Å². The highest BCUT2D eigenvalue weighted by Gasteiger charge is 2.41. The number of rotatable bonds is 8. The first-order valence-corrected chi connectivity index (χ1v) is 19.2. The molecule has 1 saturated carbocycles. The quantitative estimate of drug-likeness (QED) is 0.272. The SMILES string of the molecule is C=C/C=C\C(C1CCCCC1)N1C/C(C2=CC3=C(CCCC3)C3C=CC=CC23)=C2/CCC=C/C2=C(/C)C2=CC=C([C@H](CC)CN)CC21. The van der Waals surface area contributed by atoms with Crippen molar-refractivity contribution < 1.29 is 0 Å². The Kier molecular flexibility index (Phi) is 10.2. The van der Waals surface area contributed by atoms with E-state index in [2.05, 4.69) is 92.2 Å². The maximum atomic E-state index is 6.42. The highest BCUT2D eigenvalue weighted by Crippen LogP contribution is 2.50. The molecule has 6 aliphatic carbocycles. The van der Waals surface area contributed by atoms with Crippen LogP contribution < -0.4 is 5.73 Å². The fourth-order valence-electron chi connectivity index (χ4n) is 10.2. The Bertz CT molecular complexity index is 1530. The predicted octanol–water partition coefficient (Wildman–Crippen LogP) is 10.7. The van der Waals surface area contributed by atoms with Gasteiger partial charge in [-0.15, -0.1) is 0 Å². The van der Waals surface area contributed by atoms with Crippen molar-refractivity contribution in [2.45, 2.75) is 109 Å². The average molecular weight is 627 g/mol. The summed E-state index contributed by atoms with van der Waals surface area (Å²) in [4.78, 5) is 2.99. The standard InChI is InChI=1S/C45H58N2/c1-4-6-24-44(33-16-8-7-9-17-33)47-30-43(42-27-35-18-10-11-20-38(35)40-22-14-15-23-41(40)42)39-21-13-12-19-36(39)31(3)37-26-25-34(28-45(37)47)32(5-2)29-46/h4,6,12,14-15,19,22-27,32-33,40-41,44-45H,1,5,7-11,13,16-18,20-21,28-30,46H2,2-3H3/b24-6-,36-31+,43-39+/t32-,40?,41?,44?,45?/m1/s1. The zero-order valence-electron chi connectivity index (χ0n) is 29.2. The van der Waals surface area contributed by atoms with E-state index in [0.29, 0.717) is 35.8 Å². The lowest BCUT2D eigenvalue weighted by atomic mass is 9.66. The van der Waals surface area contributed by atoms with Crippen LogP contribution in [0.5, 0.6) is 0 Å². The minimum absolute atomic E-state index is 0.336. The Balaban J connectivity index is 1.44. The molecule has 5 atom stereocenters. The van der Waals surface area contributed by atoms with Crippen molar-refractivity contribution >= 4 is 0 Å². The van der Waals surface area contributed by atoms with E-state index in [1.54, 1.807) is 33.4 Å². The highest BCUT2D eigenvalue weighted by molar-refractivity contribution is 5.63. The largest absolute Gasteiger partial charge is 0.330 e. The monoisotopic (exact) mass is 626 g/mol. The van der Waals surface area contributed by atoms with Gasteiger partial charge in [-0.05, 0) is 129 Å². The molecule has 47 heavy (non-hydrogen) atoms. The minimum atomic E-state index is 0.336. The van der Waals surface area contributed by atoms with E-state index in [1.165, 1.54) is 74.5 Å². The summed E-state index contributed by atoms with van der Waals surface area (Å²) in [5, 5.41) is 0. The smallest absolute Gasteiger partial charge is 0.0397 e. The number of hydrogen-bond acceptors (Lipinski definition) is 2. The van der Waals surface area contributed by atoms with E-state index < -0.39 is 0 Å². The molecule has 2 heteroatoms.